The molecule has 0 N–H and O–H groups in total. The van der Waals surface area contributed by atoms with Crippen molar-refractivity contribution in [1.82, 2.24) is 24.8 Å². The van der Waals surface area contributed by atoms with Gasteiger partial charge in [0.2, 0.25) is 0 Å². The van der Waals surface area contributed by atoms with Crippen molar-refractivity contribution in [3.05, 3.63) is 58.9 Å². The van der Waals surface area contributed by atoms with Gasteiger partial charge < -0.3 is 14.4 Å². The van der Waals surface area contributed by atoms with E-state index in [9.17, 15) is 0 Å². The largest absolute Gasteiger partial charge is 0.468 e. The topological polar surface area (TPSA) is 63.6 Å². The normalized spacial score (nSPS) is 15.2. The van der Waals surface area contributed by atoms with E-state index in [1.807, 2.05) is 36.5 Å². The van der Waals surface area contributed by atoms with E-state index in [2.05, 4.69) is 39.3 Å². The molecule has 7 nitrogen and oxygen atoms in total. The quantitative estimate of drug-likeness (QED) is 0.383. The van der Waals surface area contributed by atoms with E-state index in [1.54, 1.807) is 18.4 Å². The van der Waals surface area contributed by atoms with Gasteiger partial charge in [-0.2, -0.15) is 0 Å². The number of rotatable bonds is 7. The number of aromatic nitrogens is 3. The molecule has 33 heavy (non-hydrogen) atoms. The molecule has 0 atom stereocenters. The van der Waals surface area contributed by atoms with Crippen molar-refractivity contribution in [3.8, 4) is 28.4 Å². The lowest BCUT2D eigenvalue weighted by atomic mass is 10.1. The molecule has 0 radical (unpaired) electrons. The van der Waals surface area contributed by atoms with Crippen LogP contribution in [-0.4, -0.2) is 71.9 Å². The fourth-order valence-corrected chi connectivity index (χ4v) is 4.78. The first-order chi connectivity index (χ1) is 16.2. The number of likely N-dealkylation sites (N-methyl/N-ethyl adjacent to an activating group) is 1. The minimum Gasteiger partial charge on any atom is -0.468 e. The summed E-state index contributed by atoms with van der Waals surface area (Å²) in [5, 5.41) is 3.12. The van der Waals surface area contributed by atoms with E-state index >= 15 is 0 Å². The van der Waals surface area contributed by atoms with Crippen LogP contribution in [0.3, 0.4) is 0 Å². The molecule has 3 aromatic heterocycles. The molecular weight excluding hydrogens is 434 g/mol. The molecule has 0 saturated carbocycles. The molecule has 0 spiro atoms. The molecule has 1 aliphatic heterocycles. The zero-order chi connectivity index (χ0) is 22.6. The maximum atomic E-state index is 5.46. The summed E-state index contributed by atoms with van der Waals surface area (Å²) in [6, 6.07) is 14.0. The van der Waals surface area contributed by atoms with Gasteiger partial charge in [-0.1, -0.05) is 0 Å². The molecule has 4 heterocycles. The van der Waals surface area contributed by atoms with Crippen LogP contribution in [-0.2, 0) is 11.3 Å². The average molecular weight is 462 g/mol. The van der Waals surface area contributed by atoms with Crippen molar-refractivity contribution < 1.29 is 9.47 Å². The molecule has 0 bridgehead atoms. The van der Waals surface area contributed by atoms with Gasteiger partial charge in [0.05, 0.1) is 5.69 Å². The number of piperazine rings is 1. The summed E-state index contributed by atoms with van der Waals surface area (Å²) >= 11 is 1.80. The fraction of sp³-hybridized carbons (Fsp3) is 0.320. The third kappa shape index (κ3) is 5.20. The van der Waals surface area contributed by atoms with Crippen LogP contribution in [0.1, 0.15) is 4.88 Å². The van der Waals surface area contributed by atoms with Gasteiger partial charge in [-0.3, -0.25) is 4.90 Å². The highest BCUT2D eigenvalue weighted by molar-refractivity contribution is 7.10. The first-order valence-electron chi connectivity index (χ1n) is 11.0. The van der Waals surface area contributed by atoms with Crippen molar-refractivity contribution >= 4 is 22.4 Å². The summed E-state index contributed by atoms with van der Waals surface area (Å²) in [6.07, 6.45) is 1.83. The summed E-state index contributed by atoms with van der Waals surface area (Å²) in [5.41, 5.74) is 3.70. The first-order valence-corrected chi connectivity index (χ1v) is 11.9. The molecule has 1 fully saturated rings. The van der Waals surface area contributed by atoms with Crippen molar-refractivity contribution in [2.24, 2.45) is 0 Å². The lowest BCUT2D eigenvalue weighted by Crippen LogP contribution is -2.43. The highest BCUT2D eigenvalue weighted by atomic mass is 32.1. The Morgan fingerprint density at radius 2 is 1.79 bits per heavy atom. The molecule has 8 heteroatoms. The Hall–Kier alpha value is -2.91. The summed E-state index contributed by atoms with van der Waals surface area (Å²) in [4.78, 5) is 20.4. The molecule has 0 unspecified atom stereocenters. The van der Waals surface area contributed by atoms with E-state index in [1.165, 1.54) is 4.88 Å². The number of ether oxygens (including phenoxy) is 2. The number of nitrogens with zero attached hydrogens (tertiary/aromatic N) is 5. The predicted molar refractivity (Wildman–Crippen MR) is 131 cm³/mol. The Morgan fingerprint density at radius 3 is 2.58 bits per heavy atom. The number of pyridine rings is 1. The van der Waals surface area contributed by atoms with Crippen LogP contribution in [0.4, 0.5) is 0 Å². The highest BCUT2D eigenvalue weighted by Crippen LogP contribution is 2.27. The van der Waals surface area contributed by atoms with Crippen LogP contribution >= 0.6 is 11.3 Å². The molecule has 0 aliphatic carbocycles. The smallest absolute Gasteiger partial charge is 0.188 e. The molecule has 1 saturated heterocycles. The first kappa shape index (κ1) is 21.9. The van der Waals surface area contributed by atoms with Gasteiger partial charge in [-0.15, -0.1) is 11.3 Å². The van der Waals surface area contributed by atoms with Gasteiger partial charge in [0, 0.05) is 72.8 Å². The van der Waals surface area contributed by atoms with Crippen molar-refractivity contribution in [1.29, 1.82) is 0 Å². The second-order valence-electron chi connectivity index (χ2n) is 8.26. The van der Waals surface area contributed by atoms with Gasteiger partial charge in [-0.05, 0) is 49.5 Å². The van der Waals surface area contributed by atoms with Crippen molar-refractivity contribution in [2.45, 2.75) is 6.54 Å². The minimum atomic E-state index is 0.220. The van der Waals surface area contributed by atoms with E-state index in [4.69, 9.17) is 19.4 Å². The Labute approximate surface area is 197 Å². The van der Waals surface area contributed by atoms with Gasteiger partial charge in [0.1, 0.15) is 5.75 Å². The van der Waals surface area contributed by atoms with Crippen molar-refractivity contribution in [3.63, 3.8) is 0 Å². The molecule has 5 rings (SSSR count). The summed E-state index contributed by atoms with van der Waals surface area (Å²) in [7, 11) is 3.79. The summed E-state index contributed by atoms with van der Waals surface area (Å²) in [5.74, 6) is 1.39. The van der Waals surface area contributed by atoms with Gasteiger partial charge >= 0.3 is 0 Å². The Kier molecular flexibility index (Phi) is 6.59. The monoisotopic (exact) mass is 461 g/mol. The molecule has 0 amide bonds. The second kappa shape index (κ2) is 9.93. The van der Waals surface area contributed by atoms with Crippen LogP contribution < -0.4 is 4.74 Å². The maximum absolute atomic E-state index is 5.46. The molecule has 1 aromatic carbocycles. The van der Waals surface area contributed by atoms with Crippen molar-refractivity contribution in [2.75, 3.05) is 47.1 Å². The highest BCUT2D eigenvalue weighted by Gasteiger charge is 2.15. The summed E-state index contributed by atoms with van der Waals surface area (Å²) < 4.78 is 10.4. The van der Waals surface area contributed by atoms with E-state index in [-0.39, 0.29) is 6.79 Å². The Bertz CT molecular complexity index is 1220. The van der Waals surface area contributed by atoms with Crippen LogP contribution in [0, 0.1) is 0 Å². The zero-order valence-corrected chi connectivity index (χ0v) is 19.7. The van der Waals surface area contributed by atoms with E-state index in [0.29, 0.717) is 11.5 Å². The van der Waals surface area contributed by atoms with Crippen LogP contribution in [0.15, 0.2) is 54.0 Å². The SMILES string of the molecule is COCOc1ccc(-c2ncc3ccc(-c4csc(CN5CCN(C)CC5)c4)nc3n2)cc1. The standard InChI is InChI=1S/C25H27N5O2S/c1-29-9-11-30(12-10-29)15-22-13-20(16-33-22)23-8-5-19-14-26-24(28-25(19)27-23)18-3-6-21(7-4-18)32-17-31-2/h3-8,13-14,16H,9-12,15,17H2,1-2H3. The third-order valence-electron chi connectivity index (χ3n) is 5.82. The fourth-order valence-electron chi connectivity index (χ4n) is 3.86. The lowest BCUT2D eigenvalue weighted by Gasteiger charge is -2.31. The molecule has 170 valence electrons. The number of hydrogen-bond donors (Lipinski definition) is 0. The minimum absolute atomic E-state index is 0.220. The maximum Gasteiger partial charge on any atom is 0.188 e. The molecule has 4 aromatic rings. The second-order valence-corrected chi connectivity index (χ2v) is 9.26. The van der Waals surface area contributed by atoms with Gasteiger partial charge in [0.25, 0.3) is 0 Å². The van der Waals surface area contributed by atoms with E-state index in [0.717, 1.165) is 60.7 Å². The Balaban J connectivity index is 1.34. The van der Waals surface area contributed by atoms with Crippen LogP contribution in [0.25, 0.3) is 33.7 Å². The van der Waals surface area contributed by atoms with Crippen LogP contribution in [0.5, 0.6) is 5.75 Å². The third-order valence-corrected chi connectivity index (χ3v) is 6.75. The average Bonchev–Trinajstić information content (AvgIpc) is 3.32. The zero-order valence-electron chi connectivity index (χ0n) is 18.9. The predicted octanol–water partition coefficient (Wildman–Crippen LogP) is 4.15. The number of hydrogen-bond acceptors (Lipinski definition) is 8. The van der Waals surface area contributed by atoms with Gasteiger partial charge in [0.15, 0.2) is 18.3 Å². The number of thiophene rings is 1. The molecular formula is C25H27N5O2S. The number of fused-ring (bicyclic) bond motifs is 1. The van der Waals surface area contributed by atoms with E-state index < -0.39 is 0 Å². The molecule has 1 aliphatic rings. The Morgan fingerprint density at radius 1 is 0.970 bits per heavy atom. The summed E-state index contributed by atoms with van der Waals surface area (Å²) in [6.45, 7) is 5.74. The number of benzene rings is 1. The number of methoxy groups -OCH3 is 1. The van der Waals surface area contributed by atoms with Gasteiger partial charge in [-0.25, -0.2) is 15.0 Å². The van der Waals surface area contributed by atoms with Crippen LogP contribution in [0.2, 0.25) is 0 Å². The lowest BCUT2D eigenvalue weighted by molar-refractivity contribution is 0.0511.